The predicted molar refractivity (Wildman–Crippen MR) is 112 cm³/mol. The molecule has 1 N–H and O–H groups in total. The smallest absolute Gasteiger partial charge is 0.255 e. The van der Waals surface area contributed by atoms with Gasteiger partial charge in [0.15, 0.2) is 0 Å². The molecule has 0 aliphatic carbocycles. The molecule has 0 radical (unpaired) electrons. The van der Waals surface area contributed by atoms with E-state index in [2.05, 4.69) is 9.97 Å². The van der Waals surface area contributed by atoms with Crippen molar-refractivity contribution in [2.75, 3.05) is 19.3 Å². The predicted octanol–water partition coefficient (Wildman–Crippen LogP) is 1.52. The SMILES string of the molecule is CS(=O)(=O)N1CCc2nc(C3CCCCN3C(=O)Cc3ccccc3F)[nH]c(=O)c2C1. The number of nitrogens with zero attached hydrogens (tertiary/aromatic N) is 3. The van der Waals surface area contributed by atoms with Crippen molar-refractivity contribution >= 4 is 15.9 Å². The monoisotopic (exact) mass is 448 g/mol. The molecule has 10 heteroatoms. The fraction of sp³-hybridized carbons (Fsp3) is 0.476. The lowest BCUT2D eigenvalue weighted by Gasteiger charge is -2.36. The van der Waals surface area contributed by atoms with Crippen LogP contribution in [0.15, 0.2) is 29.1 Å². The van der Waals surface area contributed by atoms with Gasteiger partial charge in [-0.3, -0.25) is 9.59 Å². The molecule has 1 aromatic carbocycles. The average molecular weight is 449 g/mol. The lowest BCUT2D eigenvalue weighted by molar-refractivity contribution is -0.134. The van der Waals surface area contributed by atoms with Crippen LogP contribution in [0.2, 0.25) is 0 Å². The van der Waals surface area contributed by atoms with Crippen LogP contribution in [0.4, 0.5) is 4.39 Å². The quantitative estimate of drug-likeness (QED) is 0.764. The highest BCUT2D eigenvalue weighted by atomic mass is 32.2. The first-order chi connectivity index (χ1) is 14.7. The Labute approximate surface area is 180 Å². The second-order valence-electron chi connectivity index (χ2n) is 8.09. The van der Waals surface area contributed by atoms with Gasteiger partial charge >= 0.3 is 0 Å². The molecule has 0 bridgehead atoms. The molecule has 3 heterocycles. The lowest BCUT2D eigenvalue weighted by atomic mass is 9.99. The maximum absolute atomic E-state index is 14.0. The number of sulfonamides is 1. The first-order valence-corrected chi connectivity index (χ1v) is 12.2. The number of hydrogen-bond donors (Lipinski definition) is 1. The van der Waals surface area contributed by atoms with Gasteiger partial charge in [0.05, 0.1) is 30.0 Å². The topological polar surface area (TPSA) is 103 Å². The molecule has 1 fully saturated rings. The summed E-state index contributed by atoms with van der Waals surface area (Å²) in [6, 6.07) is 5.82. The number of hydrogen-bond acceptors (Lipinski definition) is 5. The molecule has 31 heavy (non-hydrogen) atoms. The summed E-state index contributed by atoms with van der Waals surface area (Å²) in [5.74, 6) is -0.211. The van der Waals surface area contributed by atoms with E-state index in [0.717, 1.165) is 19.1 Å². The molecule has 1 aromatic heterocycles. The molecule has 1 atom stereocenters. The van der Waals surface area contributed by atoms with Crippen molar-refractivity contribution in [3.8, 4) is 0 Å². The highest BCUT2D eigenvalue weighted by Crippen LogP contribution is 2.30. The number of carbonyl (C=O) groups is 1. The van der Waals surface area contributed by atoms with E-state index in [4.69, 9.17) is 0 Å². The number of amides is 1. The van der Waals surface area contributed by atoms with Crippen molar-refractivity contribution < 1.29 is 17.6 Å². The van der Waals surface area contributed by atoms with Gasteiger partial charge < -0.3 is 9.88 Å². The number of carbonyl (C=O) groups excluding carboxylic acids is 1. The summed E-state index contributed by atoms with van der Waals surface area (Å²) in [7, 11) is -3.40. The second-order valence-corrected chi connectivity index (χ2v) is 10.1. The van der Waals surface area contributed by atoms with Gasteiger partial charge in [0.1, 0.15) is 11.6 Å². The normalized spacial score (nSPS) is 19.8. The number of fused-ring (bicyclic) bond motifs is 1. The molecule has 2 aliphatic heterocycles. The van der Waals surface area contributed by atoms with Gasteiger partial charge in [0, 0.05) is 26.1 Å². The zero-order valence-electron chi connectivity index (χ0n) is 17.3. The Kier molecular flexibility index (Phi) is 5.94. The number of likely N-dealkylation sites (tertiary alicyclic amines) is 1. The Morgan fingerprint density at radius 1 is 1.26 bits per heavy atom. The first-order valence-electron chi connectivity index (χ1n) is 10.3. The van der Waals surface area contributed by atoms with Gasteiger partial charge in [-0.05, 0) is 30.9 Å². The minimum absolute atomic E-state index is 0.00260. The minimum Gasteiger partial charge on any atom is -0.332 e. The van der Waals surface area contributed by atoms with Gasteiger partial charge in [-0.2, -0.15) is 4.31 Å². The van der Waals surface area contributed by atoms with Crippen LogP contribution in [0, 0.1) is 5.82 Å². The van der Waals surface area contributed by atoms with Crippen LogP contribution >= 0.6 is 0 Å². The highest BCUT2D eigenvalue weighted by Gasteiger charge is 2.32. The second kappa shape index (κ2) is 8.51. The third kappa shape index (κ3) is 4.54. The van der Waals surface area contributed by atoms with Gasteiger partial charge in [-0.1, -0.05) is 18.2 Å². The number of benzene rings is 1. The Morgan fingerprint density at radius 3 is 2.77 bits per heavy atom. The largest absolute Gasteiger partial charge is 0.332 e. The summed E-state index contributed by atoms with van der Waals surface area (Å²) in [6.07, 6.45) is 3.78. The molecule has 1 unspecified atom stereocenters. The molecule has 2 aliphatic rings. The summed E-state index contributed by atoms with van der Waals surface area (Å²) < 4.78 is 38.9. The number of rotatable bonds is 4. The highest BCUT2D eigenvalue weighted by molar-refractivity contribution is 7.88. The van der Waals surface area contributed by atoms with E-state index in [9.17, 15) is 22.4 Å². The minimum atomic E-state index is -3.40. The zero-order chi connectivity index (χ0) is 22.2. The molecule has 2 aromatic rings. The molecular formula is C21H25FN4O4S. The third-order valence-corrected chi connectivity index (χ3v) is 7.21. The average Bonchev–Trinajstić information content (AvgIpc) is 2.74. The van der Waals surface area contributed by atoms with E-state index >= 15 is 0 Å². The van der Waals surface area contributed by atoms with Gasteiger partial charge in [-0.25, -0.2) is 17.8 Å². The van der Waals surface area contributed by atoms with Gasteiger partial charge in [-0.15, -0.1) is 0 Å². The zero-order valence-corrected chi connectivity index (χ0v) is 18.1. The molecule has 0 spiro atoms. The molecule has 0 saturated carbocycles. The molecule has 166 valence electrons. The fourth-order valence-electron chi connectivity index (χ4n) is 4.28. The van der Waals surface area contributed by atoms with Crippen LogP contribution in [0.3, 0.4) is 0 Å². The first kappa shape index (κ1) is 21.6. The Bertz CT molecular complexity index is 1160. The fourth-order valence-corrected chi connectivity index (χ4v) is 5.07. The van der Waals surface area contributed by atoms with E-state index < -0.39 is 15.8 Å². The van der Waals surface area contributed by atoms with E-state index in [-0.39, 0.29) is 37.0 Å². The van der Waals surface area contributed by atoms with Crippen LogP contribution in [-0.4, -0.2) is 52.8 Å². The molecule has 1 amide bonds. The molecular weight excluding hydrogens is 423 g/mol. The summed E-state index contributed by atoms with van der Waals surface area (Å²) in [6.45, 7) is 0.778. The van der Waals surface area contributed by atoms with E-state index in [0.29, 0.717) is 42.0 Å². The standard InChI is InChI=1S/C21H25FN4O4S/c1-31(29,30)25-11-9-17-15(13-25)21(28)24-20(23-17)18-8-4-5-10-26(18)19(27)12-14-6-2-3-7-16(14)22/h2-3,6-7,18H,4-5,8-13H2,1H3,(H,23,24,28). The van der Waals surface area contributed by atoms with E-state index in [1.54, 1.807) is 23.1 Å². The lowest BCUT2D eigenvalue weighted by Crippen LogP contribution is -2.43. The summed E-state index contributed by atoms with van der Waals surface area (Å²) >= 11 is 0. The maximum Gasteiger partial charge on any atom is 0.255 e. The van der Waals surface area contributed by atoms with E-state index in [1.165, 1.54) is 10.4 Å². The van der Waals surface area contributed by atoms with Crippen molar-refractivity contribution in [3.05, 3.63) is 63.1 Å². The molecule has 8 nitrogen and oxygen atoms in total. The number of piperidine rings is 1. The number of aromatic amines is 1. The third-order valence-electron chi connectivity index (χ3n) is 5.96. The van der Waals surface area contributed by atoms with Gasteiger partial charge in [0.25, 0.3) is 5.56 Å². The maximum atomic E-state index is 14.0. The Balaban J connectivity index is 1.60. The summed E-state index contributed by atoms with van der Waals surface area (Å²) in [5, 5.41) is 0. The number of aromatic nitrogens is 2. The van der Waals surface area contributed by atoms with Crippen LogP contribution in [0.5, 0.6) is 0 Å². The van der Waals surface area contributed by atoms with Crippen molar-refractivity contribution in [2.24, 2.45) is 0 Å². The van der Waals surface area contributed by atoms with Crippen LogP contribution in [0.25, 0.3) is 0 Å². The van der Waals surface area contributed by atoms with Crippen molar-refractivity contribution in [1.82, 2.24) is 19.2 Å². The number of nitrogens with one attached hydrogen (secondary N) is 1. The van der Waals surface area contributed by atoms with Crippen molar-refractivity contribution in [2.45, 2.75) is 44.7 Å². The van der Waals surface area contributed by atoms with Gasteiger partial charge in [0.2, 0.25) is 15.9 Å². The van der Waals surface area contributed by atoms with Crippen LogP contribution in [0.1, 0.15) is 47.9 Å². The summed E-state index contributed by atoms with van der Waals surface area (Å²) in [5.41, 5.74) is 0.885. The molecule has 4 rings (SSSR count). The van der Waals surface area contributed by atoms with Crippen molar-refractivity contribution in [3.63, 3.8) is 0 Å². The van der Waals surface area contributed by atoms with Crippen molar-refractivity contribution in [1.29, 1.82) is 0 Å². The Hall–Kier alpha value is -2.59. The Morgan fingerprint density at radius 2 is 2.03 bits per heavy atom. The number of H-pyrrole nitrogens is 1. The van der Waals surface area contributed by atoms with Crippen LogP contribution < -0.4 is 5.56 Å². The van der Waals surface area contributed by atoms with Crippen LogP contribution in [-0.2, 0) is 34.2 Å². The van der Waals surface area contributed by atoms with E-state index in [1.807, 2.05) is 0 Å². The summed E-state index contributed by atoms with van der Waals surface area (Å²) in [4.78, 5) is 34.8. The number of halogens is 1. The molecule has 1 saturated heterocycles.